The molecule has 0 radical (unpaired) electrons. The summed E-state index contributed by atoms with van der Waals surface area (Å²) in [6.07, 6.45) is 3.17. The number of nitrogen functional groups attached to an aromatic ring is 1. The normalized spacial score (nSPS) is 14.1. The lowest BCUT2D eigenvalue weighted by Gasteiger charge is -2.29. The minimum Gasteiger partial charge on any atom is -0.398 e. The van der Waals surface area contributed by atoms with Crippen LogP contribution in [0.3, 0.4) is 0 Å². The maximum atomic E-state index is 10.9. The van der Waals surface area contributed by atoms with Gasteiger partial charge >= 0.3 is 0 Å². The minimum atomic E-state index is -1.28. The van der Waals surface area contributed by atoms with E-state index >= 15 is 0 Å². The van der Waals surface area contributed by atoms with E-state index in [1.165, 1.54) is 0 Å². The first kappa shape index (κ1) is 12.5. The van der Waals surface area contributed by atoms with E-state index in [9.17, 15) is 5.11 Å². The van der Waals surface area contributed by atoms with Gasteiger partial charge in [0.25, 0.3) is 0 Å². The van der Waals surface area contributed by atoms with E-state index < -0.39 is 5.60 Å². The van der Waals surface area contributed by atoms with Crippen LogP contribution in [0.1, 0.15) is 11.1 Å². The molecule has 1 atom stereocenters. The van der Waals surface area contributed by atoms with Gasteiger partial charge in [-0.05, 0) is 11.6 Å². The Bertz CT molecular complexity index is 516. The van der Waals surface area contributed by atoms with Gasteiger partial charge < -0.3 is 15.6 Å². The maximum absolute atomic E-state index is 10.9. The summed E-state index contributed by atoms with van der Waals surface area (Å²) < 4.78 is 5.14. The molecule has 0 saturated carbocycles. The Balaban J connectivity index is 2.55. The zero-order valence-corrected chi connectivity index (χ0v) is 10.2. The number of nitrogens with two attached hydrogens (primary N) is 1. The molecular formula is C14H16N2O2. The highest BCUT2D eigenvalue weighted by atomic mass is 16.5. The molecular weight excluding hydrogens is 228 g/mol. The van der Waals surface area contributed by atoms with Gasteiger partial charge in [0, 0.05) is 30.8 Å². The summed E-state index contributed by atoms with van der Waals surface area (Å²) in [5, 5.41) is 10.9. The summed E-state index contributed by atoms with van der Waals surface area (Å²) in [4.78, 5) is 4.02. The zero-order chi connectivity index (χ0) is 13.0. The van der Waals surface area contributed by atoms with Crippen molar-refractivity contribution in [3.8, 4) is 0 Å². The number of nitrogens with zero attached hydrogens (tertiary/aromatic N) is 1. The van der Waals surface area contributed by atoms with E-state index in [4.69, 9.17) is 10.5 Å². The van der Waals surface area contributed by atoms with Gasteiger partial charge in [-0.15, -0.1) is 0 Å². The molecule has 1 aromatic heterocycles. The van der Waals surface area contributed by atoms with Crippen LogP contribution in [0.15, 0.2) is 48.8 Å². The number of methoxy groups -OCH3 is 1. The highest BCUT2D eigenvalue weighted by Crippen LogP contribution is 2.32. The highest BCUT2D eigenvalue weighted by Gasteiger charge is 2.33. The molecule has 3 N–H and O–H groups in total. The molecule has 1 unspecified atom stereocenters. The number of ether oxygens (including phenoxy) is 1. The third-order valence-electron chi connectivity index (χ3n) is 2.90. The molecule has 4 heteroatoms. The second kappa shape index (κ2) is 5.16. The predicted molar refractivity (Wildman–Crippen MR) is 70.0 cm³/mol. The molecule has 0 aliphatic rings. The van der Waals surface area contributed by atoms with Gasteiger partial charge in [0.05, 0.1) is 6.61 Å². The SMILES string of the molecule is COCC(O)(c1ccccc1)c1cnccc1N. The molecule has 1 aromatic carbocycles. The van der Waals surface area contributed by atoms with Gasteiger partial charge in [-0.3, -0.25) is 4.98 Å². The van der Waals surface area contributed by atoms with Gasteiger partial charge in [0.2, 0.25) is 0 Å². The van der Waals surface area contributed by atoms with E-state index in [0.29, 0.717) is 11.3 Å². The van der Waals surface area contributed by atoms with Crippen LogP contribution < -0.4 is 5.73 Å². The first-order chi connectivity index (χ1) is 8.68. The van der Waals surface area contributed by atoms with Crippen molar-refractivity contribution < 1.29 is 9.84 Å². The fourth-order valence-electron chi connectivity index (χ4n) is 1.99. The van der Waals surface area contributed by atoms with Crippen LogP contribution in [-0.2, 0) is 10.3 Å². The van der Waals surface area contributed by atoms with Crippen LogP contribution in [0.4, 0.5) is 5.69 Å². The van der Waals surface area contributed by atoms with E-state index in [2.05, 4.69) is 4.98 Å². The van der Waals surface area contributed by atoms with Crippen LogP contribution in [0.5, 0.6) is 0 Å². The molecule has 0 bridgehead atoms. The first-order valence-electron chi connectivity index (χ1n) is 5.65. The van der Waals surface area contributed by atoms with Gasteiger partial charge in [0.15, 0.2) is 0 Å². The maximum Gasteiger partial charge on any atom is 0.141 e. The van der Waals surface area contributed by atoms with Crippen LogP contribution in [0.25, 0.3) is 0 Å². The Morgan fingerprint density at radius 3 is 2.61 bits per heavy atom. The zero-order valence-electron chi connectivity index (χ0n) is 10.2. The predicted octanol–water partition coefficient (Wildman–Crippen LogP) is 1.55. The fraction of sp³-hybridized carbons (Fsp3) is 0.214. The average molecular weight is 244 g/mol. The number of anilines is 1. The number of aromatic nitrogens is 1. The number of hydrogen-bond donors (Lipinski definition) is 2. The topological polar surface area (TPSA) is 68.4 Å². The molecule has 0 amide bonds. The Labute approximate surface area is 106 Å². The molecule has 18 heavy (non-hydrogen) atoms. The smallest absolute Gasteiger partial charge is 0.141 e. The second-order valence-corrected chi connectivity index (χ2v) is 4.12. The summed E-state index contributed by atoms with van der Waals surface area (Å²) in [6, 6.07) is 11.0. The van der Waals surface area contributed by atoms with Crippen LogP contribution >= 0.6 is 0 Å². The van der Waals surface area contributed by atoms with Crippen LogP contribution in [0.2, 0.25) is 0 Å². The molecule has 1 heterocycles. The molecule has 94 valence electrons. The van der Waals surface area contributed by atoms with Gasteiger partial charge in [-0.2, -0.15) is 0 Å². The molecule has 0 aliphatic carbocycles. The summed E-state index contributed by atoms with van der Waals surface area (Å²) in [7, 11) is 1.54. The van der Waals surface area contributed by atoms with E-state index in [1.54, 1.807) is 25.6 Å². The van der Waals surface area contributed by atoms with Crippen LogP contribution in [0, 0.1) is 0 Å². The Hall–Kier alpha value is -1.91. The largest absolute Gasteiger partial charge is 0.398 e. The number of pyridine rings is 1. The Kier molecular flexibility index (Phi) is 3.60. The van der Waals surface area contributed by atoms with Crippen LogP contribution in [-0.4, -0.2) is 23.8 Å². The molecule has 0 aliphatic heterocycles. The lowest BCUT2D eigenvalue weighted by Crippen LogP contribution is -2.33. The lowest BCUT2D eigenvalue weighted by atomic mass is 9.87. The number of hydrogen-bond acceptors (Lipinski definition) is 4. The molecule has 2 aromatic rings. The average Bonchev–Trinajstić information content (AvgIpc) is 2.40. The highest BCUT2D eigenvalue weighted by molar-refractivity contribution is 5.52. The Morgan fingerprint density at radius 2 is 2.00 bits per heavy atom. The van der Waals surface area contributed by atoms with Crippen molar-refractivity contribution in [2.45, 2.75) is 5.60 Å². The van der Waals surface area contributed by atoms with Gasteiger partial charge in [-0.25, -0.2) is 0 Å². The molecule has 2 rings (SSSR count). The Morgan fingerprint density at radius 1 is 1.28 bits per heavy atom. The summed E-state index contributed by atoms with van der Waals surface area (Å²) in [5.74, 6) is 0. The van der Waals surface area contributed by atoms with Crippen molar-refractivity contribution in [3.05, 3.63) is 59.9 Å². The lowest BCUT2D eigenvalue weighted by molar-refractivity contribution is -0.00296. The third kappa shape index (κ3) is 2.20. The van der Waals surface area contributed by atoms with Crippen molar-refractivity contribution in [2.75, 3.05) is 19.5 Å². The van der Waals surface area contributed by atoms with Crippen molar-refractivity contribution in [3.63, 3.8) is 0 Å². The summed E-state index contributed by atoms with van der Waals surface area (Å²) in [5.41, 5.74) is 6.41. The van der Waals surface area contributed by atoms with Crippen molar-refractivity contribution in [1.29, 1.82) is 0 Å². The third-order valence-corrected chi connectivity index (χ3v) is 2.90. The van der Waals surface area contributed by atoms with E-state index in [0.717, 1.165) is 5.56 Å². The summed E-state index contributed by atoms with van der Waals surface area (Å²) >= 11 is 0. The van der Waals surface area contributed by atoms with Crippen molar-refractivity contribution >= 4 is 5.69 Å². The van der Waals surface area contributed by atoms with Crippen molar-refractivity contribution in [1.82, 2.24) is 4.98 Å². The number of benzene rings is 1. The number of aliphatic hydroxyl groups is 1. The van der Waals surface area contributed by atoms with Gasteiger partial charge in [0.1, 0.15) is 5.60 Å². The minimum absolute atomic E-state index is 0.118. The number of rotatable bonds is 4. The monoisotopic (exact) mass is 244 g/mol. The second-order valence-electron chi connectivity index (χ2n) is 4.12. The first-order valence-corrected chi connectivity index (χ1v) is 5.65. The van der Waals surface area contributed by atoms with E-state index in [-0.39, 0.29) is 6.61 Å². The van der Waals surface area contributed by atoms with E-state index in [1.807, 2.05) is 30.3 Å². The van der Waals surface area contributed by atoms with Crippen molar-refractivity contribution in [2.24, 2.45) is 0 Å². The standard InChI is InChI=1S/C14H16N2O2/c1-18-10-14(17,11-5-3-2-4-6-11)12-9-16-8-7-13(12)15/h2-9,17H,10H2,1H3,(H2,15,16). The molecule has 0 saturated heterocycles. The molecule has 0 fully saturated rings. The fourth-order valence-corrected chi connectivity index (χ4v) is 1.99. The van der Waals surface area contributed by atoms with Gasteiger partial charge in [-0.1, -0.05) is 30.3 Å². The summed E-state index contributed by atoms with van der Waals surface area (Å²) in [6.45, 7) is 0.118. The molecule has 0 spiro atoms. The molecule has 4 nitrogen and oxygen atoms in total. The quantitative estimate of drug-likeness (QED) is 0.856.